The molecule has 3 N–H and O–H groups in total. The van der Waals surface area contributed by atoms with Crippen molar-refractivity contribution in [2.24, 2.45) is 7.05 Å². The highest BCUT2D eigenvalue weighted by atomic mass is 32.2. The summed E-state index contributed by atoms with van der Waals surface area (Å²) in [7, 11) is -2.08. The van der Waals surface area contributed by atoms with Gasteiger partial charge in [-0.3, -0.25) is 0 Å². The summed E-state index contributed by atoms with van der Waals surface area (Å²) in [5.74, 6) is -0.00881. The van der Waals surface area contributed by atoms with Gasteiger partial charge >= 0.3 is 0 Å². The zero-order valence-electron chi connectivity index (χ0n) is 9.91. The van der Waals surface area contributed by atoms with E-state index in [1.807, 2.05) is 6.92 Å². The Morgan fingerprint density at radius 2 is 2.22 bits per heavy atom. The number of nitrogens with two attached hydrogens (primary N) is 1. The Kier molecular flexibility index (Phi) is 3.37. The van der Waals surface area contributed by atoms with Crippen LogP contribution in [0.2, 0.25) is 0 Å². The highest BCUT2D eigenvalue weighted by Crippen LogP contribution is 2.17. The van der Waals surface area contributed by atoms with Crippen molar-refractivity contribution in [2.75, 3.05) is 5.73 Å². The van der Waals surface area contributed by atoms with E-state index in [9.17, 15) is 8.42 Å². The molecule has 0 atom stereocenters. The first kappa shape index (κ1) is 13.0. The first-order valence-electron chi connectivity index (χ1n) is 5.08. The van der Waals surface area contributed by atoms with Crippen LogP contribution in [0.15, 0.2) is 17.6 Å². The number of anilines is 1. The number of nitrogen functional groups attached to an aromatic ring is 1. The molecule has 0 saturated heterocycles. The van der Waals surface area contributed by atoms with Crippen molar-refractivity contribution in [3.63, 3.8) is 0 Å². The van der Waals surface area contributed by atoms with Crippen LogP contribution in [0.4, 0.5) is 5.82 Å². The van der Waals surface area contributed by atoms with Crippen molar-refractivity contribution in [3.05, 3.63) is 22.4 Å². The highest BCUT2D eigenvalue weighted by molar-refractivity contribution is 7.89. The molecule has 0 aliphatic carbocycles. The molecule has 0 aromatic carbocycles. The second-order valence-corrected chi connectivity index (χ2v) is 6.72. The SMILES string of the molecule is Cc1ncc(CNS(=O)(=O)c2c(N)ncn2C)s1. The maximum Gasteiger partial charge on any atom is 0.260 e. The Morgan fingerprint density at radius 3 is 2.72 bits per heavy atom. The number of hydrogen-bond donors (Lipinski definition) is 2. The number of sulfonamides is 1. The molecular weight excluding hydrogens is 274 g/mol. The van der Waals surface area contributed by atoms with Gasteiger partial charge in [-0.1, -0.05) is 0 Å². The molecule has 0 aliphatic rings. The molecule has 0 radical (unpaired) electrons. The largest absolute Gasteiger partial charge is 0.381 e. The normalized spacial score (nSPS) is 11.9. The van der Waals surface area contributed by atoms with Gasteiger partial charge in [-0.25, -0.2) is 23.1 Å². The van der Waals surface area contributed by atoms with Crippen LogP contribution < -0.4 is 10.5 Å². The summed E-state index contributed by atoms with van der Waals surface area (Å²) in [4.78, 5) is 8.65. The number of nitrogens with one attached hydrogen (secondary N) is 1. The molecule has 9 heteroatoms. The Bertz CT molecular complexity index is 639. The van der Waals surface area contributed by atoms with Crippen molar-refractivity contribution >= 4 is 27.2 Å². The minimum absolute atomic E-state index is 0.00881. The maximum absolute atomic E-state index is 12.0. The van der Waals surface area contributed by atoms with Gasteiger partial charge in [0.25, 0.3) is 10.0 Å². The number of thiazole rings is 1. The fourth-order valence-electron chi connectivity index (χ4n) is 1.49. The first-order chi connectivity index (χ1) is 8.40. The zero-order chi connectivity index (χ0) is 13.3. The van der Waals surface area contributed by atoms with Gasteiger partial charge in [-0.05, 0) is 6.92 Å². The van der Waals surface area contributed by atoms with E-state index in [4.69, 9.17) is 5.73 Å². The minimum atomic E-state index is -3.66. The molecule has 0 amide bonds. The summed E-state index contributed by atoms with van der Waals surface area (Å²) < 4.78 is 27.9. The van der Waals surface area contributed by atoms with Crippen LogP contribution in [0.1, 0.15) is 9.88 Å². The standard InChI is InChI=1S/C9H13N5O2S2/c1-6-11-3-7(17-6)4-13-18(15,16)9-8(10)12-5-14(9)2/h3,5,13H,4,10H2,1-2H3. The monoisotopic (exact) mass is 287 g/mol. The van der Waals surface area contributed by atoms with E-state index in [0.717, 1.165) is 9.88 Å². The Morgan fingerprint density at radius 1 is 1.50 bits per heavy atom. The van der Waals surface area contributed by atoms with Crippen molar-refractivity contribution < 1.29 is 8.42 Å². The van der Waals surface area contributed by atoms with Crippen molar-refractivity contribution in [1.82, 2.24) is 19.3 Å². The van der Waals surface area contributed by atoms with Crippen LogP contribution in [-0.2, 0) is 23.6 Å². The van der Waals surface area contributed by atoms with Crippen LogP contribution in [0.3, 0.4) is 0 Å². The summed E-state index contributed by atoms with van der Waals surface area (Å²) in [6, 6.07) is 0. The average Bonchev–Trinajstić information content (AvgIpc) is 2.83. The second-order valence-electron chi connectivity index (χ2n) is 3.72. The number of nitrogens with zero attached hydrogens (tertiary/aromatic N) is 3. The van der Waals surface area contributed by atoms with E-state index in [1.165, 1.54) is 22.2 Å². The molecule has 0 fully saturated rings. The fraction of sp³-hybridized carbons (Fsp3) is 0.333. The fourth-order valence-corrected chi connectivity index (χ4v) is 3.55. The van der Waals surface area contributed by atoms with E-state index in [-0.39, 0.29) is 17.4 Å². The lowest BCUT2D eigenvalue weighted by molar-refractivity contribution is 0.572. The summed E-state index contributed by atoms with van der Waals surface area (Å²) in [5.41, 5.74) is 5.54. The third kappa shape index (κ3) is 2.52. The lowest BCUT2D eigenvalue weighted by Crippen LogP contribution is -2.25. The van der Waals surface area contributed by atoms with Gasteiger partial charge in [0.1, 0.15) is 0 Å². The Balaban J connectivity index is 2.18. The Hall–Kier alpha value is -1.45. The number of aryl methyl sites for hydroxylation is 2. The van der Waals surface area contributed by atoms with Gasteiger partial charge < -0.3 is 10.3 Å². The molecule has 98 valence electrons. The van der Waals surface area contributed by atoms with Crippen molar-refractivity contribution in [2.45, 2.75) is 18.5 Å². The van der Waals surface area contributed by atoms with Crippen LogP contribution >= 0.6 is 11.3 Å². The molecule has 7 nitrogen and oxygen atoms in total. The Labute approximate surface area is 109 Å². The van der Waals surface area contributed by atoms with Crippen molar-refractivity contribution in [1.29, 1.82) is 0 Å². The average molecular weight is 287 g/mol. The maximum atomic E-state index is 12.0. The summed E-state index contributed by atoms with van der Waals surface area (Å²) >= 11 is 1.44. The number of imidazole rings is 1. The minimum Gasteiger partial charge on any atom is -0.381 e. The van der Waals surface area contributed by atoms with Gasteiger partial charge in [0, 0.05) is 24.7 Å². The van der Waals surface area contributed by atoms with E-state index in [1.54, 1.807) is 13.2 Å². The second kappa shape index (κ2) is 4.67. The van der Waals surface area contributed by atoms with Gasteiger partial charge in [0.2, 0.25) is 0 Å². The molecule has 0 unspecified atom stereocenters. The number of rotatable bonds is 4. The van der Waals surface area contributed by atoms with Gasteiger partial charge in [-0.2, -0.15) is 0 Å². The first-order valence-corrected chi connectivity index (χ1v) is 7.38. The third-order valence-electron chi connectivity index (χ3n) is 2.27. The molecule has 2 heterocycles. The predicted molar refractivity (Wildman–Crippen MR) is 68.5 cm³/mol. The smallest absolute Gasteiger partial charge is 0.260 e. The molecule has 18 heavy (non-hydrogen) atoms. The molecule has 2 rings (SSSR count). The van der Waals surface area contributed by atoms with E-state index < -0.39 is 10.0 Å². The number of aromatic nitrogens is 3. The zero-order valence-corrected chi connectivity index (χ0v) is 11.5. The van der Waals surface area contributed by atoms with Crippen LogP contribution in [0, 0.1) is 6.92 Å². The summed E-state index contributed by atoms with van der Waals surface area (Å²) in [6.07, 6.45) is 3.01. The quantitative estimate of drug-likeness (QED) is 0.839. The van der Waals surface area contributed by atoms with E-state index in [2.05, 4.69) is 14.7 Å². The van der Waals surface area contributed by atoms with Crippen LogP contribution in [0.5, 0.6) is 0 Å². The predicted octanol–water partition coefficient (Wildman–Crippen LogP) is 0.246. The molecular formula is C9H13N5O2S2. The molecule has 2 aromatic heterocycles. The number of hydrogen-bond acceptors (Lipinski definition) is 6. The van der Waals surface area contributed by atoms with Gasteiger partial charge in [0.15, 0.2) is 10.8 Å². The van der Waals surface area contributed by atoms with Crippen molar-refractivity contribution in [3.8, 4) is 0 Å². The van der Waals surface area contributed by atoms with Gasteiger partial charge in [-0.15, -0.1) is 11.3 Å². The molecule has 0 aliphatic heterocycles. The lowest BCUT2D eigenvalue weighted by Gasteiger charge is -2.06. The van der Waals surface area contributed by atoms with Crippen LogP contribution in [-0.4, -0.2) is 23.0 Å². The highest BCUT2D eigenvalue weighted by Gasteiger charge is 2.22. The molecule has 2 aromatic rings. The van der Waals surface area contributed by atoms with Crippen LogP contribution in [0.25, 0.3) is 0 Å². The molecule has 0 spiro atoms. The summed E-state index contributed by atoms with van der Waals surface area (Å²) in [6.45, 7) is 2.06. The third-order valence-corrected chi connectivity index (χ3v) is 4.71. The van der Waals surface area contributed by atoms with Gasteiger partial charge in [0.05, 0.1) is 11.3 Å². The molecule has 0 saturated carbocycles. The summed E-state index contributed by atoms with van der Waals surface area (Å²) in [5, 5.41) is 0.869. The topological polar surface area (TPSA) is 103 Å². The van der Waals surface area contributed by atoms with E-state index in [0.29, 0.717) is 0 Å². The lowest BCUT2D eigenvalue weighted by atomic mass is 10.6. The van der Waals surface area contributed by atoms with E-state index >= 15 is 0 Å². The molecule has 0 bridgehead atoms.